The maximum absolute atomic E-state index is 12.8. The van der Waals surface area contributed by atoms with Crippen molar-refractivity contribution in [1.29, 1.82) is 0 Å². The van der Waals surface area contributed by atoms with Crippen molar-refractivity contribution in [2.45, 2.75) is 24.3 Å². The summed E-state index contributed by atoms with van der Waals surface area (Å²) in [5.74, 6) is -1.63. The van der Waals surface area contributed by atoms with Crippen LogP contribution in [0.5, 0.6) is 0 Å². The number of aromatic nitrogens is 3. The first-order valence-electron chi connectivity index (χ1n) is 7.98. The molecule has 0 saturated carbocycles. The molecule has 0 unspecified atom stereocenters. The molecule has 1 fully saturated rings. The fourth-order valence-electron chi connectivity index (χ4n) is 2.97. The van der Waals surface area contributed by atoms with E-state index < -0.39 is 21.9 Å². The van der Waals surface area contributed by atoms with Gasteiger partial charge in [0.25, 0.3) is 0 Å². The highest BCUT2D eigenvalue weighted by molar-refractivity contribution is 7.89. The van der Waals surface area contributed by atoms with Crippen LogP contribution in [0.2, 0.25) is 0 Å². The van der Waals surface area contributed by atoms with Crippen LogP contribution in [0.1, 0.15) is 12.8 Å². The molecule has 1 aliphatic heterocycles. The van der Waals surface area contributed by atoms with Gasteiger partial charge in [-0.2, -0.15) is 4.31 Å². The highest BCUT2D eigenvalue weighted by atomic mass is 32.2. The summed E-state index contributed by atoms with van der Waals surface area (Å²) in [4.78, 5) is 11.3. The van der Waals surface area contributed by atoms with E-state index in [0.717, 1.165) is 5.52 Å². The second-order valence-corrected chi connectivity index (χ2v) is 7.93. The van der Waals surface area contributed by atoms with Gasteiger partial charge in [-0.3, -0.25) is 4.79 Å². The minimum absolute atomic E-state index is 0.00374. The van der Waals surface area contributed by atoms with E-state index in [-0.39, 0.29) is 11.4 Å². The van der Waals surface area contributed by atoms with Gasteiger partial charge < -0.3 is 9.84 Å². The van der Waals surface area contributed by atoms with Crippen molar-refractivity contribution in [2.75, 3.05) is 26.8 Å². The van der Waals surface area contributed by atoms with Crippen molar-refractivity contribution in [3.05, 3.63) is 18.2 Å². The van der Waals surface area contributed by atoms with Crippen molar-refractivity contribution in [2.24, 2.45) is 5.92 Å². The summed E-state index contributed by atoms with van der Waals surface area (Å²) in [6.07, 6.45) is 1.03. The van der Waals surface area contributed by atoms with Crippen LogP contribution >= 0.6 is 0 Å². The number of fused-ring (bicyclic) bond motifs is 1. The normalized spacial score (nSPS) is 19.3. The SMILES string of the molecule is COCCn1nnc2cc(S(=O)(=O)N3CCC[C@@H](C(=O)O)C3)ccc21. The molecule has 9 nitrogen and oxygen atoms in total. The third-order valence-corrected chi connectivity index (χ3v) is 6.22. The lowest BCUT2D eigenvalue weighted by Crippen LogP contribution is -2.42. The standard InChI is InChI=1S/C15H20N4O5S/c1-24-8-7-19-14-5-4-12(9-13(14)16-17-19)25(22,23)18-6-2-3-11(10-18)15(20)21/h4-5,9,11H,2-3,6-8,10H2,1H3,(H,20,21)/t11-/m1/s1. The van der Waals surface area contributed by atoms with Crippen LogP contribution in [0.3, 0.4) is 0 Å². The van der Waals surface area contributed by atoms with E-state index in [2.05, 4.69) is 10.3 Å². The zero-order chi connectivity index (χ0) is 18.0. The number of piperidine rings is 1. The molecule has 2 heterocycles. The predicted octanol–water partition coefficient (Wildman–Crippen LogP) is 0.563. The molecule has 3 rings (SSSR count). The van der Waals surface area contributed by atoms with Gasteiger partial charge in [-0.05, 0) is 31.0 Å². The van der Waals surface area contributed by atoms with Crippen molar-refractivity contribution in [3.8, 4) is 0 Å². The smallest absolute Gasteiger partial charge is 0.307 e. The van der Waals surface area contributed by atoms with E-state index in [1.54, 1.807) is 17.9 Å². The average Bonchev–Trinajstić information content (AvgIpc) is 3.02. The van der Waals surface area contributed by atoms with E-state index >= 15 is 0 Å². The third kappa shape index (κ3) is 3.51. The molecule has 0 bridgehead atoms. The van der Waals surface area contributed by atoms with Crippen molar-refractivity contribution in [1.82, 2.24) is 19.3 Å². The van der Waals surface area contributed by atoms with Gasteiger partial charge in [-0.15, -0.1) is 5.10 Å². The fraction of sp³-hybridized carbons (Fsp3) is 0.533. The van der Waals surface area contributed by atoms with Gasteiger partial charge in [0.05, 0.1) is 29.5 Å². The molecule has 0 amide bonds. The summed E-state index contributed by atoms with van der Waals surface area (Å²) in [5, 5.41) is 17.2. The second-order valence-electron chi connectivity index (χ2n) is 6.00. The summed E-state index contributed by atoms with van der Waals surface area (Å²) in [5.41, 5.74) is 1.20. The van der Waals surface area contributed by atoms with E-state index in [4.69, 9.17) is 9.84 Å². The molecular formula is C15H20N4O5S. The van der Waals surface area contributed by atoms with Crippen LogP contribution in [-0.4, -0.2) is 65.6 Å². The monoisotopic (exact) mass is 368 g/mol. The number of carbonyl (C=O) groups is 1. The molecule has 1 aliphatic rings. The molecule has 25 heavy (non-hydrogen) atoms. The van der Waals surface area contributed by atoms with Crippen molar-refractivity contribution in [3.63, 3.8) is 0 Å². The quantitative estimate of drug-likeness (QED) is 0.792. The third-order valence-electron chi connectivity index (χ3n) is 4.36. The number of nitrogens with zero attached hydrogens (tertiary/aromatic N) is 4. The first-order valence-corrected chi connectivity index (χ1v) is 9.42. The first kappa shape index (κ1) is 17.8. The number of aliphatic carboxylic acids is 1. The molecule has 0 aliphatic carbocycles. The molecule has 1 N–H and O–H groups in total. The number of rotatable bonds is 6. The largest absolute Gasteiger partial charge is 0.481 e. The Morgan fingerprint density at radius 1 is 1.44 bits per heavy atom. The lowest BCUT2D eigenvalue weighted by Gasteiger charge is -2.29. The highest BCUT2D eigenvalue weighted by Gasteiger charge is 2.33. The van der Waals surface area contributed by atoms with E-state index in [0.29, 0.717) is 38.1 Å². The van der Waals surface area contributed by atoms with Crippen LogP contribution in [0.4, 0.5) is 0 Å². The highest BCUT2D eigenvalue weighted by Crippen LogP contribution is 2.25. The Kier molecular flexibility index (Phi) is 5.02. The number of carboxylic acids is 1. The zero-order valence-corrected chi connectivity index (χ0v) is 14.6. The average molecular weight is 368 g/mol. The number of sulfonamides is 1. The zero-order valence-electron chi connectivity index (χ0n) is 13.8. The van der Waals surface area contributed by atoms with Crippen LogP contribution in [0.25, 0.3) is 11.0 Å². The second kappa shape index (κ2) is 7.06. The number of hydrogen-bond donors (Lipinski definition) is 1. The molecule has 1 aromatic heterocycles. The van der Waals surface area contributed by atoms with Gasteiger partial charge in [0, 0.05) is 20.2 Å². The molecule has 0 radical (unpaired) electrons. The Labute approximate surface area is 145 Å². The van der Waals surface area contributed by atoms with Crippen LogP contribution in [0, 0.1) is 5.92 Å². The summed E-state index contributed by atoms with van der Waals surface area (Å²) >= 11 is 0. The Balaban J connectivity index is 1.88. The first-order chi connectivity index (χ1) is 11.9. The molecule has 2 aromatic rings. The van der Waals surface area contributed by atoms with Crippen molar-refractivity contribution < 1.29 is 23.1 Å². The summed E-state index contributed by atoms with van der Waals surface area (Å²) in [6.45, 7) is 1.31. The van der Waals surface area contributed by atoms with Gasteiger partial charge in [0.15, 0.2) is 0 Å². The van der Waals surface area contributed by atoms with Crippen LogP contribution in [0.15, 0.2) is 23.1 Å². The molecule has 1 saturated heterocycles. The number of hydrogen-bond acceptors (Lipinski definition) is 6. The van der Waals surface area contributed by atoms with E-state index in [1.165, 1.54) is 16.4 Å². The predicted molar refractivity (Wildman–Crippen MR) is 88.5 cm³/mol. The topological polar surface area (TPSA) is 115 Å². The number of methoxy groups -OCH3 is 1. The van der Waals surface area contributed by atoms with Crippen LogP contribution < -0.4 is 0 Å². The fourth-order valence-corrected chi connectivity index (χ4v) is 4.51. The van der Waals surface area contributed by atoms with Gasteiger partial charge in [-0.1, -0.05) is 5.21 Å². The molecule has 136 valence electrons. The number of ether oxygens (including phenoxy) is 1. The minimum atomic E-state index is -3.76. The van der Waals surface area contributed by atoms with Crippen LogP contribution in [-0.2, 0) is 26.1 Å². The maximum Gasteiger partial charge on any atom is 0.307 e. The number of carboxylic acid groups (broad SMARTS) is 1. The van der Waals surface area contributed by atoms with Gasteiger partial charge in [0.2, 0.25) is 10.0 Å². The Morgan fingerprint density at radius 2 is 2.24 bits per heavy atom. The van der Waals surface area contributed by atoms with Gasteiger partial charge in [0.1, 0.15) is 5.52 Å². The van der Waals surface area contributed by atoms with E-state index in [9.17, 15) is 13.2 Å². The molecule has 0 spiro atoms. The van der Waals surface area contributed by atoms with Gasteiger partial charge >= 0.3 is 5.97 Å². The number of benzene rings is 1. The Morgan fingerprint density at radius 3 is 2.96 bits per heavy atom. The lowest BCUT2D eigenvalue weighted by molar-refractivity contribution is -0.142. The molecule has 10 heteroatoms. The maximum atomic E-state index is 12.8. The van der Waals surface area contributed by atoms with Crippen molar-refractivity contribution >= 4 is 27.0 Å². The molecule has 1 atom stereocenters. The minimum Gasteiger partial charge on any atom is -0.481 e. The molecular weight excluding hydrogens is 348 g/mol. The summed E-state index contributed by atoms with van der Waals surface area (Å²) in [7, 11) is -2.17. The Bertz CT molecular complexity index is 879. The Hall–Kier alpha value is -2.04. The molecule has 1 aromatic carbocycles. The van der Waals surface area contributed by atoms with E-state index in [1.807, 2.05) is 0 Å². The lowest BCUT2D eigenvalue weighted by atomic mass is 10.0. The van der Waals surface area contributed by atoms with Gasteiger partial charge in [-0.25, -0.2) is 13.1 Å². The summed E-state index contributed by atoms with van der Waals surface area (Å²) in [6, 6.07) is 4.65. The summed E-state index contributed by atoms with van der Waals surface area (Å²) < 4.78 is 33.6.